The number of rotatable bonds is 8. The largest absolute Gasteiger partial charge is 0.493 e. The molecule has 0 saturated heterocycles. The zero-order chi connectivity index (χ0) is 17.1. The van der Waals surface area contributed by atoms with Gasteiger partial charge in [0.25, 0.3) is 0 Å². The molecule has 0 saturated carbocycles. The molecule has 0 aliphatic carbocycles. The third kappa shape index (κ3) is 6.56. The van der Waals surface area contributed by atoms with Gasteiger partial charge < -0.3 is 20.5 Å². The summed E-state index contributed by atoms with van der Waals surface area (Å²) < 4.78 is 10.5. The van der Waals surface area contributed by atoms with Crippen LogP contribution in [0.5, 0.6) is 5.75 Å². The zero-order valence-corrected chi connectivity index (χ0v) is 13.7. The summed E-state index contributed by atoms with van der Waals surface area (Å²) in [5.41, 5.74) is 6.47. The molecule has 0 bridgehead atoms. The van der Waals surface area contributed by atoms with E-state index in [1.54, 1.807) is 6.92 Å². The first-order valence-corrected chi connectivity index (χ1v) is 7.70. The van der Waals surface area contributed by atoms with E-state index in [9.17, 15) is 9.59 Å². The van der Waals surface area contributed by atoms with Crippen molar-refractivity contribution in [2.24, 2.45) is 5.73 Å². The van der Waals surface area contributed by atoms with Crippen molar-refractivity contribution in [1.29, 1.82) is 0 Å². The maximum Gasteiger partial charge on any atom is 0.418 e. The van der Waals surface area contributed by atoms with Gasteiger partial charge in [0.05, 0.1) is 13.2 Å². The molecule has 0 fully saturated rings. The number of nitrogens with zero attached hydrogens (tertiary/aromatic N) is 1. The number of imide groups is 1. The molecule has 0 aliphatic rings. The van der Waals surface area contributed by atoms with Gasteiger partial charge in [-0.05, 0) is 31.9 Å². The fourth-order valence-electron chi connectivity index (χ4n) is 1.87. The second-order valence-corrected chi connectivity index (χ2v) is 4.84. The monoisotopic (exact) mass is 323 g/mol. The van der Waals surface area contributed by atoms with Crippen LogP contribution in [-0.4, -0.2) is 49.9 Å². The highest BCUT2D eigenvalue weighted by atomic mass is 16.6. The van der Waals surface area contributed by atoms with E-state index in [0.717, 1.165) is 16.2 Å². The first-order valence-electron chi connectivity index (χ1n) is 7.70. The molecule has 0 radical (unpaired) electrons. The number of para-hydroxylation sites is 1. The van der Waals surface area contributed by atoms with E-state index >= 15 is 0 Å². The lowest BCUT2D eigenvalue weighted by molar-refractivity contribution is 0.115. The second-order valence-electron chi connectivity index (χ2n) is 4.84. The normalized spacial score (nSPS) is 10.0. The van der Waals surface area contributed by atoms with Crippen LogP contribution < -0.4 is 15.8 Å². The van der Waals surface area contributed by atoms with Gasteiger partial charge in [-0.3, -0.25) is 0 Å². The van der Waals surface area contributed by atoms with Gasteiger partial charge in [-0.15, -0.1) is 0 Å². The minimum absolute atomic E-state index is 0.115. The second kappa shape index (κ2) is 10.4. The minimum Gasteiger partial charge on any atom is -0.493 e. The summed E-state index contributed by atoms with van der Waals surface area (Å²) in [6.45, 7) is 5.03. The van der Waals surface area contributed by atoms with Crippen molar-refractivity contribution >= 4 is 12.1 Å². The Morgan fingerprint density at radius 1 is 1.30 bits per heavy atom. The van der Waals surface area contributed by atoms with Gasteiger partial charge in [-0.2, -0.15) is 0 Å². The fraction of sp³-hybridized carbons (Fsp3) is 0.500. The Morgan fingerprint density at radius 3 is 2.70 bits per heavy atom. The Bertz CT molecular complexity index is 508. The molecule has 7 heteroatoms. The van der Waals surface area contributed by atoms with Crippen molar-refractivity contribution in [3.8, 4) is 5.75 Å². The summed E-state index contributed by atoms with van der Waals surface area (Å²) in [5.74, 6) is 0.829. The van der Waals surface area contributed by atoms with Crippen LogP contribution in [0.15, 0.2) is 24.3 Å². The average Bonchev–Trinajstić information content (AvgIpc) is 2.53. The lowest BCUT2D eigenvalue weighted by Gasteiger charge is -2.19. The predicted octanol–water partition coefficient (Wildman–Crippen LogP) is 1.89. The van der Waals surface area contributed by atoms with Gasteiger partial charge in [0.2, 0.25) is 0 Å². The number of carbonyl (C=O) groups is 2. The molecule has 0 aliphatic heterocycles. The number of hydrogen-bond donors (Lipinski definition) is 2. The molecule has 1 rings (SSSR count). The van der Waals surface area contributed by atoms with Gasteiger partial charge in [0.1, 0.15) is 5.75 Å². The van der Waals surface area contributed by atoms with Crippen LogP contribution in [-0.2, 0) is 4.74 Å². The lowest BCUT2D eigenvalue weighted by Crippen LogP contribution is -2.46. The highest BCUT2D eigenvalue weighted by Gasteiger charge is 2.21. The summed E-state index contributed by atoms with van der Waals surface area (Å²) in [4.78, 5) is 24.6. The number of nitrogens with one attached hydrogen (secondary N) is 1. The zero-order valence-electron chi connectivity index (χ0n) is 13.7. The van der Waals surface area contributed by atoms with Gasteiger partial charge in [0.15, 0.2) is 0 Å². The first-order chi connectivity index (χ1) is 11.1. The molecular formula is C16H25N3O4. The van der Waals surface area contributed by atoms with E-state index in [1.165, 1.54) is 0 Å². The summed E-state index contributed by atoms with van der Waals surface area (Å²) >= 11 is 0. The fourth-order valence-corrected chi connectivity index (χ4v) is 1.87. The summed E-state index contributed by atoms with van der Waals surface area (Å²) in [6, 6.07) is 7.22. The molecule has 3 amide bonds. The maximum atomic E-state index is 12.0. The van der Waals surface area contributed by atoms with Crippen LogP contribution in [0.2, 0.25) is 0 Å². The van der Waals surface area contributed by atoms with Crippen LogP contribution >= 0.6 is 0 Å². The first kappa shape index (κ1) is 18.8. The number of urea groups is 1. The molecule has 23 heavy (non-hydrogen) atoms. The van der Waals surface area contributed by atoms with Crippen LogP contribution in [0.25, 0.3) is 0 Å². The molecule has 3 N–H and O–H groups in total. The highest BCUT2D eigenvalue weighted by Crippen LogP contribution is 2.15. The summed E-state index contributed by atoms with van der Waals surface area (Å²) in [5, 5.41) is 2.66. The Balaban J connectivity index is 2.31. The predicted molar refractivity (Wildman–Crippen MR) is 87.5 cm³/mol. The Labute approximate surface area is 136 Å². The van der Waals surface area contributed by atoms with Crippen LogP contribution in [0.1, 0.15) is 18.9 Å². The third-order valence-corrected chi connectivity index (χ3v) is 3.03. The van der Waals surface area contributed by atoms with Crippen LogP contribution in [0.3, 0.4) is 0 Å². The number of benzene rings is 1. The molecule has 0 spiro atoms. The van der Waals surface area contributed by atoms with Crippen molar-refractivity contribution in [1.82, 2.24) is 10.2 Å². The molecule has 1 aromatic carbocycles. The van der Waals surface area contributed by atoms with Crippen LogP contribution in [0.4, 0.5) is 9.59 Å². The summed E-state index contributed by atoms with van der Waals surface area (Å²) in [7, 11) is 0. The smallest absolute Gasteiger partial charge is 0.418 e. The number of amides is 3. The molecule has 0 atom stereocenters. The number of nitrogens with two attached hydrogens (primary N) is 1. The molecule has 128 valence electrons. The van der Waals surface area contributed by atoms with Gasteiger partial charge in [-0.25, -0.2) is 14.5 Å². The average molecular weight is 323 g/mol. The van der Waals surface area contributed by atoms with E-state index in [2.05, 4.69) is 5.32 Å². The number of hydrogen-bond acceptors (Lipinski definition) is 5. The van der Waals surface area contributed by atoms with Gasteiger partial charge in [0, 0.05) is 19.6 Å². The Morgan fingerprint density at radius 2 is 2.04 bits per heavy atom. The SMILES string of the molecule is CCOC(=O)N(CCN)C(=O)NCCCOc1ccccc1C. The highest BCUT2D eigenvalue weighted by molar-refractivity contribution is 5.90. The van der Waals surface area contributed by atoms with Crippen molar-refractivity contribution in [2.45, 2.75) is 20.3 Å². The van der Waals surface area contributed by atoms with E-state index in [1.807, 2.05) is 31.2 Å². The Kier molecular flexibility index (Phi) is 8.52. The molecule has 0 heterocycles. The number of aryl methyl sites for hydroxylation is 1. The minimum atomic E-state index is -0.688. The maximum absolute atomic E-state index is 12.0. The topological polar surface area (TPSA) is 93.9 Å². The quantitative estimate of drug-likeness (QED) is 0.713. The molecule has 1 aromatic rings. The van der Waals surface area contributed by atoms with Gasteiger partial charge in [-0.1, -0.05) is 18.2 Å². The standard InChI is InChI=1S/C16H25N3O4/c1-3-22-16(21)19(11-9-17)15(20)18-10-6-12-23-14-8-5-4-7-13(14)2/h4-5,7-8H,3,6,9-12,17H2,1-2H3,(H,18,20). The van der Waals surface area contributed by atoms with Crippen molar-refractivity contribution < 1.29 is 19.1 Å². The van der Waals surface area contributed by atoms with E-state index in [0.29, 0.717) is 19.6 Å². The van der Waals surface area contributed by atoms with Gasteiger partial charge >= 0.3 is 12.1 Å². The van der Waals surface area contributed by atoms with E-state index < -0.39 is 12.1 Å². The Hall–Kier alpha value is -2.28. The molecule has 0 aromatic heterocycles. The number of ether oxygens (including phenoxy) is 2. The van der Waals surface area contributed by atoms with Crippen LogP contribution in [0, 0.1) is 6.92 Å². The van der Waals surface area contributed by atoms with E-state index in [-0.39, 0.29) is 19.7 Å². The molecule has 0 unspecified atom stereocenters. The third-order valence-electron chi connectivity index (χ3n) is 3.03. The van der Waals surface area contributed by atoms with Crippen molar-refractivity contribution in [3.63, 3.8) is 0 Å². The van der Waals surface area contributed by atoms with Crippen molar-refractivity contribution in [2.75, 3.05) is 32.8 Å². The molecular weight excluding hydrogens is 298 g/mol. The summed E-state index contributed by atoms with van der Waals surface area (Å²) in [6.07, 6.45) is -0.0640. The van der Waals surface area contributed by atoms with Crippen molar-refractivity contribution in [3.05, 3.63) is 29.8 Å². The lowest BCUT2D eigenvalue weighted by atomic mass is 10.2. The number of carbonyl (C=O) groups excluding carboxylic acids is 2. The molecule has 7 nitrogen and oxygen atoms in total. The van der Waals surface area contributed by atoms with E-state index in [4.69, 9.17) is 15.2 Å².